The molecule has 3 unspecified atom stereocenters. The molecule has 1 fully saturated rings. The first-order chi connectivity index (χ1) is 7.67. The van der Waals surface area contributed by atoms with Crippen LogP contribution in [0.3, 0.4) is 0 Å². The molecule has 2 N–H and O–H groups in total. The molecule has 0 aromatic rings. The molecule has 0 radical (unpaired) electrons. The van der Waals surface area contributed by atoms with Crippen LogP contribution in [0.15, 0.2) is 11.6 Å². The number of methoxy groups -OCH3 is 1. The zero-order chi connectivity index (χ0) is 11.8. The molecule has 0 aromatic carbocycles. The fraction of sp³-hybridized carbons (Fsp3) is 0.727. The summed E-state index contributed by atoms with van der Waals surface area (Å²) in [6.07, 6.45) is 1.78. The van der Waals surface area contributed by atoms with Crippen molar-refractivity contribution in [3.05, 3.63) is 11.6 Å². The molecule has 0 saturated carbocycles. The molecule has 16 heavy (non-hydrogen) atoms. The highest BCUT2D eigenvalue weighted by molar-refractivity contribution is 5.71. The van der Waals surface area contributed by atoms with E-state index < -0.39 is 5.41 Å². The summed E-state index contributed by atoms with van der Waals surface area (Å²) in [6.45, 7) is -0.162. The number of rotatable bonds is 3. The minimum absolute atomic E-state index is 0.124. The van der Waals surface area contributed by atoms with Crippen LogP contribution < -0.4 is 0 Å². The molecule has 1 heterocycles. The van der Waals surface area contributed by atoms with Crippen molar-refractivity contribution >= 4 is 5.97 Å². The van der Waals surface area contributed by atoms with Gasteiger partial charge in [0.25, 0.3) is 0 Å². The second-order valence-corrected chi connectivity index (χ2v) is 4.34. The molecule has 0 aromatic heterocycles. The van der Waals surface area contributed by atoms with E-state index in [1.807, 2.05) is 0 Å². The lowest BCUT2D eigenvalue weighted by molar-refractivity contribution is -0.163. The lowest BCUT2D eigenvalue weighted by atomic mass is 9.71. The molecular weight excluding hydrogens is 212 g/mol. The van der Waals surface area contributed by atoms with Crippen molar-refractivity contribution < 1.29 is 24.5 Å². The SMILES string of the molecule is COC1C=C(CO)C2(CO)COC(=O)CC12. The molecule has 2 rings (SSSR count). The van der Waals surface area contributed by atoms with Crippen molar-refractivity contribution in [3.8, 4) is 0 Å². The Morgan fingerprint density at radius 1 is 1.62 bits per heavy atom. The van der Waals surface area contributed by atoms with Gasteiger partial charge in [-0.25, -0.2) is 0 Å². The standard InChI is InChI=1S/C11H16O5/c1-15-9-2-7(4-12)11(5-13)6-16-10(14)3-8(9)11/h2,8-9,12-13H,3-6H2,1H3. The monoisotopic (exact) mass is 228 g/mol. The second kappa shape index (κ2) is 4.16. The Morgan fingerprint density at radius 2 is 2.38 bits per heavy atom. The maximum Gasteiger partial charge on any atom is 0.306 e. The number of carbonyl (C=O) groups excluding carboxylic acids is 1. The number of esters is 1. The van der Waals surface area contributed by atoms with Gasteiger partial charge in [0.1, 0.15) is 6.61 Å². The average molecular weight is 228 g/mol. The van der Waals surface area contributed by atoms with Crippen molar-refractivity contribution in [1.29, 1.82) is 0 Å². The summed E-state index contributed by atoms with van der Waals surface area (Å²) in [7, 11) is 1.56. The fourth-order valence-electron chi connectivity index (χ4n) is 2.70. The highest BCUT2D eigenvalue weighted by Gasteiger charge is 2.53. The van der Waals surface area contributed by atoms with Gasteiger partial charge in [-0.05, 0) is 5.57 Å². The van der Waals surface area contributed by atoms with Crippen molar-refractivity contribution in [2.24, 2.45) is 11.3 Å². The highest BCUT2D eigenvalue weighted by Crippen LogP contribution is 2.48. The lowest BCUT2D eigenvalue weighted by Gasteiger charge is -2.40. The summed E-state index contributed by atoms with van der Waals surface area (Å²) in [5.74, 6) is -0.408. The number of ether oxygens (including phenoxy) is 2. The molecule has 5 heteroatoms. The van der Waals surface area contributed by atoms with E-state index >= 15 is 0 Å². The molecule has 2 aliphatic rings. The lowest BCUT2D eigenvalue weighted by Crippen LogP contribution is -2.47. The van der Waals surface area contributed by atoms with E-state index in [2.05, 4.69) is 0 Å². The van der Waals surface area contributed by atoms with Gasteiger partial charge in [-0.3, -0.25) is 4.79 Å². The zero-order valence-electron chi connectivity index (χ0n) is 9.18. The van der Waals surface area contributed by atoms with E-state index in [9.17, 15) is 15.0 Å². The van der Waals surface area contributed by atoms with Gasteiger partial charge in [0, 0.05) is 13.0 Å². The molecular formula is C11H16O5. The molecule has 1 aliphatic heterocycles. The molecule has 1 saturated heterocycles. The molecule has 0 bridgehead atoms. The van der Waals surface area contributed by atoms with Crippen LogP contribution in [0.1, 0.15) is 6.42 Å². The molecule has 1 aliphatic carbocycles. The van der Waals surface area contributed by atoms with E-state index in [4.69, 9.17) is 9.47 Å². The van der Waals surface area contributed by atoms with Crippen LogP contribution in [-0.2, 0) is 14.3 Å². The smallest absolute Gasteiger partial charge is 0.306 e. The number of hydrogen-bond acceptors (Lipinski definition) is 5. The van der Waals surface area contributed by atoms with Crippen LogP contribution in [0.4, 0.5) is 0 Å². The first-order valence-corrected chi connectivity index (χ1v) is 5.29. The summed E-state index contributed by atoms with van der Waals surface area (Å²) in [6, 6.07) is 0. The van der Waals surface area contributed by atoms with Gasteiger partial charge in [-0.15, -0.1) is 0 Å². The molecule has 0 amide bonds. The number of fused-ring (bicyclic) bond motifs is 1. The Labute approximate surface area is 93.7 Å². The number of aliphatic hydroxyl groups is 2. The number of aliphatic hydroxyl groups excluding tert-OH is 2. The highest BCUT2D eigenvalue weighted by atomic mass is 16.5. The maximum atomic E-state index is 11.3. The van der Waals surface area contributed by atoms with Crippen LogP contribution in [-0.4, -0.2) is 49.2 Å². The van der Waals surface area contributed by atoms with E-state index in [0.29, 0.717) is 5.57 Å². The summed E-state index contributed by atoms with van der Waals surface area (Å²) in [4.78, 5) is 11.3. The number of hydrogen-bond donors (Lipinski definition) is 2. The van der Waals surface area contributed by atoms with Crippen molar-refractivity contribution in [3.63, 3.8) is 0 Å². The second-order valence-electron chi connectivity index (χ2n) is 4.34. The largest absolute Gasteiger partial charge is 0.465 e. The van der Waals surface area contributed by atoms with Gasteiger partial charge in [0.15, 0.2) is 0 Å². The average Bonchev–Trinajstić information content (AvgIpc) is 2.62. The third kappa shape index (κ3) is 1.47. The van der Waals surface area contributed by atoms with Gasteiger partial charge in [0.2, 0.25) is 0 Å². The minimum atomic E-state index is -0.649. The Kier molecular flexibility index (Phi) is 3.01. The fourth-order valence-corrected chi connectivity index (χ4v) is 2.70. The summed E-state index contributed by atoms with van der Waals surface area (Å²) >= 11 is 0. The minimum Gasteiger partial charge on any atom is -0.465 e. The summed E-state index contributed by atoms with van der Waals surface area (Å²) < 4.78 is 10.3. The number of cyclic esters (lactones) is 1. The van der Waals surface area contributed by atoms with E-state index in [-0.39, 0.29) is 44.2 Å². The predicted molar refractivity (Wildman–Crippen MR) is 54.6 cm³/mol. The van der Waals surface area contributed by atoms with Crippen molar-refractivity contribution in [2.45, 2.75) is 12.5 Å². The Bertz CT molecular complexity index is 324. The molecule has 3 atom stereocenters. The van der Waals surface area contributed by atoms with Crippen LogP contribution in [0.25, 0.3) is 0 Å². The van der Waals surface area contributed by atoms with Gasteiger partial charge in [0.05, 0.1) is 31.2 Å². The molecule has 5 nitrogen and oxygen atoms in total. The quantitative estimate of drug-likeness (QED) is 0.502. The Morgan fingerprint density at radius 3 is 2.94 bits per heavy atom. The third-order valence-corrected chi connectivity index (χ3v) is 3.71. The van der Waals surface area contributed by atoms with Gasteiger partial charge in [-0.1, -0.05) is 6.08 Å². The van der Waals surface area contributed by atoms with Gasteiger partial charge >= 0.3 is 5.97 Å². The first-order valence-electron chi connectivity index (χ1n) is 5.29. The van der Waals surface area contributed by atoms with E-state index in [0.717, 1.165) is 0 Å². The Hall–Kier alpha value is -0.910. The summed E-state index contributed by atoms with van der Waals surface area (Å²) in [5, 5.41) is 18.9. The molecule has 90 valence electrons. The van der Waals surface area contributed by atoms with Crippen LogP contribution in [0.2, 0.25) is 0 Å². The normalized spacial score (nSPS) is 37.9. The van der Waals surface area contributed by atoms with E-state index in [1.165, 1.54) is 0 Å². The zero-order valence-corrected chi connectivity index (χ0v) is 9.18. The summed E-state index contributed by atoms with van der Waals surface area (Å²) in [5.41, 5.74) is 0.0583. The first kappa shape index (κ1) is 11.6. The van der Waals surface area contributed by atoms with Crippen LogP contribution >= 0.6 is 0 Å². The van der Waals surface area contributed by atoms with Crippen LogP contribution in [0.5, 0.6) is 0 Å². The van der Waals surface area contributed by atoms with Crippen molar-refractivity contribution in [1.82, 2.24) is 0 Å². The molecule has 0 spiro atoms. The predicted octanol–water partition coefficient (Wildman–Crippen LogP) is -0.525. The van der Waals surface area contributed by atoms with Gasteiger partial charge in [-0.2, -0.15) is 0 Å². The Balaban J connectivity index is 2.34. The van der Waals surface area contributed by atoms with E-state index in [1.54, 1.807) is 13.2 Å². The number of carbonyl (C=O) groups is 1. The third-order valence-electron chi connectivity index (χ3n) is 3.71. The van der Waals surface area contributed by atoms with Crippen molar-refractivity contribution in [2.75, 3.05) is 26.9 Å². The maximum absolute atomic E-state index is 11.3. The van der Waals surface area contributed by atoms with Crippen LogP contribution in [0, 0.1) is 11.3 Å². The van der Waals surface area contributed by atoms with Gasteiger partial charge < -0.3 is 19.7 Å². The topological polar surface area (TPSA) is 76.0 Å².